The first-order valence-corrected chi connectivity index (χ1v) is 6.88. The van der Waals surface area contributed by atoms with Crippen LogP contribution in [0.5, 0.6) is 0 Å². The van der Waals surface area contributed by atoms with Gasteiger partial charge < -0.3 is 15.0 Å². The van der Waals surface area contributed by atoms with E-state index in [0.29, 0.717) is 18.8 Å². The van der Waals surface area contributed by atoms with Gasteiger partial charge in [0.15, 0.2) is 0 Å². The van der Waals surface area contributed by atoms with Gasteiger partial charge >= 0.3 is 0 Å². The normalized spacial score (nSPS) is 20.6. The number of nitrogens with one attached hydrogen (secondary N) is 1. The van der Waals surface area contributed by atoms with Crippen molar-refractivity contribution < 1.29 is 13.9 Å². The first-order valence-electron chi connectivity index (χ1n) is 6.88. The summed E-state index contributed by atoms with van der Waals surface area (Å²) in [4.78, 5) is 13.5. The number of hydrogen-bond acceptors (Lipinski definition) is 3. The SMILES string of the molecule is CCO[C@@H]1C[C@H]1C(=O)NCc1ccc(N(C)C)c(F)c1. The van der Waals surface area contributed by atoms with Gasteiger partial charge in [0.25, 0.3) is 0 Å². The Kier molecular flexibility index (Phi) is 4.60. The van der Waals surface area contributed by atoms with Gasteiger partial charge in [0.2, 0.25) is 5.91 Å². The number of halogens is 1. The molecule has 0 radical (unpaired) electrons. The van der Waals surface area contributed by atoms with E-state index in [2.05, 4.69) is 5.32 Å². The number of carbonyl (C=O) groups excluding carboxylic acids is 1. The highest BCUT2D eigenvalue weighted by molar-refractivity contribution is 5.82. The lowest BCUT2D eigenvalue weighted by Gasteiger charge is -2.14. The Labute approximate surface area is 118 Å². The third-order valence-electron chi connectivity index (χ3n) is 3.41. The molecule has 0 saturated heterocycles. The molecule has 1 aliphatic carbocycles. The highest BCUT2D eigenvalue weighted by Crippen LogP contribution is 2.33. The van der Waals surface area contributed by atoms with E-state index in [0.717, 1.165) is 12.0 Å². The molecular weight excluding hydrogens is 259 g/mol. The summed E-state index contributed by atoms with van der Waals surface area (Å²) < 4.78 is 19.2. The fourth-order valence-corrected chi connectivity index (χ4v) is 2.19. The average Bonchev–Trinajstić information content (AvgIpc) is 3.15. The second-order valence-corrected chi connectivity index (χ2v) is 5.23. The minimum atomic E-state index is -0.277. The smallest absolute Gasteiger partial charge is 0.226 e. The maximum absolute atomic E-state index is 13.8. The van der Waals surface area contributed by atoms with E-state index in [9.17, 15) is 9.18 Å². The zero-order valence-corrected chi connectivity index (χ0v) is 12.1. The Morgan fingerprint density at radius 2 is 2.25 bits per heavy atom. The number of nitrogens with zero attached hydrogens (tertiary/aromatic N) is 1. The molecule has 0 aromatic heterocycles. The topological polar surface area (TPSA) is 41.6 Å². The van der Waals surface area contributed by atoms with Crippen molar-refractivity contribution in [2.24, 2.45) is 5.92 Å². The van der Waals surface area contributed by atoms with Crippen LogP contribution in [0.15, 0.2) is 18.2 Å². The zero-order valence-electron chi connectivity index (χ0n) is 12.1. The Hall–Kier alpha value is -1.62. The van der Waals surface area contributed by atoms with Crippen LogP contribution in [0.25, 0.3) is 0 Å². The molecule has 1 aromatic rings. The largest absolute Gasteiger partial charge is 0.378 e. The highest BCUT2D eigenvalue weighted by atomic mass is 19.1. The number of carbonyl (C=O) groups is 1. The van der Waals surface area contributed by atoms with E-state index in [1.807, 2.05) is 13.0 Å². The summed E-state index contributed by atoms with van der Waals surface area (Å²) in [6, 6.07) is 5.01. The molecule has 5 heteroatoms. The molecule has 20 heavy (non-hydrogen) atoms. The van der Waals surface area contributed by atoms with Crippen LogP contribution in [0.1, 0.15) is 18.9 Å². The fraction of sp³-hybridized carbons (Fsp3) is 0.533. The predicted octanol–water partition coefficient (Wildman–Crippen LogP) is 1.93. The average molecular weight is 280 g/mol. The van der Waals surface area contributed by atoms with Crippen molar-refractivity contribution >= 4 is 11.6 Å². The summed E-state index contributed by atoms with van der Waals surface area (Å²) in [6.45, 7) is 2.90. The third-order valence-corrected chi connectivity index (χ3v) is 3.41. The van der Waals surface area contributed by atoms with Gasteiger partial charge in [0.05, 0.1) is 17.7 Å². The zero-order chi connectivity index (χ0) is 14.7. The molecule has 1 aliphatic rings. The van der Waals surface area contributed by atoms with Gasteiger partial charge in [-0.3, -0.25) is 4.79 Å². The Morgan fingerprint density at radius 1 is 1.50 bits per heavy atom. The van der Waals surface area contributed by atoms with Crippen molar-refractivity contribution in [1.29, 1.82) is 0 Å². The Bertz CT molecular complexity index is 491. The molecule has 2 rings (SSSR count). The molecule has 1 aromatic carbocycles. The molecule has 0 aliphatic heterocycles. The summed E-state index contributed by atoms with van der Waals surface area (Å²) >= 11 is 0. The standard InChI is InChI=1S/C15H21FN2O2/c1-4-20-14-8-11(14)15(19)17-9-10-5-6-13(18(2)3)12(16)7-10/h5-7,11,14H,4,8-9H2,1-3H3,(H,17,19)/t11-,14-/m1/s1. The summed E-state index contributed by atoms with van der Waals surface area (Å²) in [5, 5.41) is 2.83. The van der Waals surface area contributed by atoms with E-state index in [4.69, 9.17) is 4.74 Å². The fourth-order valence-electron chi connectivity index (χ4n) is 2.19. The van der Waals surface area contributed by atoms with Crippen molar-refractivity contribution in [2.45, 2.75) is 26.0 Å². The number of benzene rings is 1. The van der Waals surface area contributed by atoms with E-state index in [-0.39, 0.29) is 23.7 Å². The molecule has 0 bridgehead atoms. The summed E-state index contributed by atoms with van der Waals surface area (Å²) in [5.74, 6) is -0.332. The minimum Gasteiger partial charge on any atom is -0.378 e. The number of hydrogen-bond donors (Lipinski definition) is 1. The van der Waals surface area contributed by atoms with Crippen LogP contribution in [0.3, 0.4) is 0 Å². The third kappa shape index (κ3) is 3.48. The van der Waals surface area contributed by atoms with Gasteiger partial charge in [-0.1, -0.05) is 6.07 Å². The maximum atomic E-state index is 13.8. The van der Waals surface area contributed by atoms with Crippen LogP contribution in [-0.2, 0) is 16.1 Å². The van der Waals surface area contributed by atoms with Gasteiger partial charge in [-0.25, -0.2) is 4.39 Å². The monoisotopic (exact) mass is 280 g/mol. The van der Waals surface area contributed by atoms with Crippen molar-refractivity contribution in [3.8, 4) is 0 Å². The molecule has 0 unspecified atom stereocenters. The van der Waals surface area contributed by atoms with Gasteiger partial charge in [-0.2, -0.15) is 0 Å². The van der Waals surface area contributed by atoms with Crippen LogP contribution in [0.4, 0.5) is 10.1 Å². The van der Waals surface area contributed by atoms with Gasteiger partial charge in [-0.05, 0) is 31.0 Å². The first-order chi connectivity index (χ1) is 9.52. The van der Waals surface area contributed by atoms with Crippen molar-refractivity contribution in [3.05, 3.63) is 29.6 Å². The molecule has 0 heterocycles. The van der Waals surface area contributed by atoms with Gasteiger partial charge in [0, 0.05) is 27.2 Å². The first kappa shape index (κ1) is 14.8. The Morgan fingerprint density at radius 3 is 2.85 bits per heavy atom. The van der Waals surface area contributed by atoms with Crippen molar-refractivity contribution in [2.75, 3.05) is 25.6 Å². The quantitative estimate of drug-likeness (QED) is 0.866. The summed E-state index contributed by atoms with van der Waals surface area (Å²) in [7, 11) is 3.58. The molecular formula is C15H21FN2O2. The lowest BCUT2D eigenvalue weighted by atomic mass is 10.2. The van der Waals surface area contributed by atoms with Gasteiger partial charge in [0.1, 0.15) is 5.82 Å². The molecule has 1 saturated carbocycles. The lowest BCUT2D eigenvalue weighted by Crippen LogP contribution is -2.26. The molecule has 1 amide bonds. The molecule has 4 nitrogen and oxygen atoms in total. The number of ether oxygens (including phenoxy) is 1. The van der Waals surface area contributed by atoms with Crippen LogP contribution in [0, 0.1) is 11.7 Å². The van der Waals surface area contributed by atoms with Crippen LogP contribution < -0.4 is 10.2 Å². The highest BCUT2D eigenvalue weighted by Gasteiger charge is 2.43. The number of rotatable bonds is 6. The second-order valence-electron chi connectivity index (χ2n) is 5.23. The van der Waals surface area contributed by atoms with E-state index >= 15 is 0 Å². The lowest BCUT2D eigenvalue weighted by molar-refractivity contribution is -0.123. The predicted molar refractivity (Wildman–Crippen MR) is 76.1 cm³/mol. The van der Waals surface area contributed by atoms with Crippen LogP contribution >= 0.6 is 0 Å². The Balaban J connectivity index is 1.85. The van der Waals surface area contributed by atoms with Crippen molar-refractivity contribution in [3.63, 3.8) is 0 Å². The summed E-state index contributed by atoms with van der Waals surface area (Å²) in [6.07, 6.45) is 0.848. The van der Waals surface area contributed by atoms with E-state index < -0.39 is 0 Å². The van der Waals surface area contributed by atoms with E-state index in [1.54, 1.807) is 25.1 Å². The maximum Gasteiger partial charge on any atom is 0.226 e. The van der Waals surface area contributed by atoms with E-state index in [1.165, 1.54) is 6.07 Å². The number of anilines is 1. The molecule has 1 N–H and O–H groups in total. The minimum absolute atomic E-state index is 0.0134. The molecule has 110 valence electrons. The summed E-state index contributed by atoms with van der Waals surface area (Å²) in [5.41, 5.74) is 1.30. The van der Waals surface area contributed by atoms with Gasteiger partial charge in [-0.15, -0.1) is 0 Å². The molecule has 2 atom stereocenters. The second kappa shape index (κ2) is 6.22. The van der Waals surface area contributed by atoms with Crippen molar-refractivity contribution in [1.82, 2.24) is 5.32 Å². The van der Waals surface area contributed by atoms with Crippen LogP contribution in [-0.4, -0.2) is 32.7 Å². The molecule has 1 fully saturated rings. The van der Waals surface area contributed by atoms with Crippen LogP contribution in [0.2, 0.25) is 0 Å². The number of amides is 1. The molecule has 0 spiro atoms.